The van der Waals surface area contributed by atoms with Crippen molar-refractivity contribution in [3.8, 4) is 0 Å². The van der Waals surface area contributed by atoms with Crippen molar-refractivity contribution in [3.05, 3.63) is 63.6 Å². The quantitative estimate of drug-likeness (QED) is 0.921. The lowest BCUT2D eigenvalue weighted by Crippen LogP contribution is -2.05. The second-order valence-corrected chi connectivity index (χ2v) is 4.66. The first kappa shape index (κ1) is 12.2. The van der Waals surface area contributed by atoms with Gasteiger partial charge in [-0.2, -0.15) is 0 Å². The van der Waals surface area contributed by atoms with Crippen molar-refractivity contribution in [2.24, 2.45) is 0 Å². The van der Waals surface area contributed by atoms with Gasteiger partial charge in [-0.3, -0.25) is 4.98 Å². The van der Waals surface area contributed by atoms with Crippen LogP contribution in [0, 0.1) is 12.7 Å². The summed E-state index contributed by atoms with van der Waals surface area (Å²) in [6.45, 7) is 1.90. The molecule has 0 amide bonds. The molecule has 0 saturated heterocycles. The van der Waals surface area contributed by atoms with Crippen molar-refractivity contribution in [2.45, 2.75) is 13.0 Å². The van der Waals surface area contributed by atoms with Crippen molar-refractivity contribution in [1.29, 1.82) is 0 Å². The number of aliphatic hydroxyl groups is 1. The number of benzene rings is 1. The van der Waals surface area contributed by atoms with Crippen LogP contribution in [0.3, 0.4) is 0 Å². The van der Waals surface area contributed by atoms with Crippen LogP contribution >= 0.6 is 15.9 Å². The predicted octanol–water partition coefficient (Wildman–Crippen LogP) is 3.37. The first-order chi connectivity index (χ1) is 8.09. The molecule has 17 heavy (non-hydrogen) atoms. The van der Waals surface area contributed by atoms with E-state index in [0.717, 1.165) is 5.56 Å². The Bertz CT molecular complexity index is 545. The molecule has 1 N–H and O–H groups in total. The van der Waals surface area contributed by atoms with Gasteiger partial charge in [-0.05, 0) is 46.6 Å². The first-order valence-corrected chi connectivity index (χ1v) is 5.93. The summed E-state index contributed by atoms with van der Waals surface area (Å²) >= 11 is 3.09. The zero-order valence-electron chi connectivity index (χ0n) is 9.19. The van der Waals surface area contributed by atoms with E-state index in [4.69, 9.17) is 0 Å². The molecule has 0 radical (unpaired) electrons. The van der Waals surface area contributed by atoms with E-state index in [9.17, 15) is 9.50 Å². The van der Waals surface area contributed by atoms with E-state index in [1.807, 2.05) is 13.0 Å². The summed E-state index contributed by atoms with van der Waals surface area (Å²) in [4.78, 5) is 4.05. The minimum Gasteiger partial charge on any atom is -0.382 e. The first-order valence-electron chi connectivity index (χ1n) is 5.14. The second kappa shape index (κ2) is 4.94. The van der Waals surface area contributed by atoms with Crippen molar-refractivity contribution < 1.29 is 9.50 Å². The molecule has 4 heteroatoms. The number of aromatic nitrogens is 1. The van der Waals surface area contributed by atoms with Crippen molar-refractivity contribution in [2.75, 3.05) is 0 Å². The summed E-state index contributed by atoms with van der Waals surface area (Å²) in [6, 6.07) is 8.39. The van der Waals surface area contributed by atoms with E-state index in [1.54, 1.807) is 30.5 Å². The minimum absolute atomic E-state index is 0.220. The van der Waals surface area contributed by atoms with E-state index in [0.29, 0.717) is 10.2 Å². The molecule has 2 aromatic rings. The van der Waals surface area contributed by atoms with Crippen LogP contribution in [0.5, 0.6) is 0 Å². The highest BCUT2D eigenvalue weighted by atomic mass is 79.9. The van der Waals surface area contributed by atoms with Gasteiger partial charge in [0, 0.05) is 11.8 Å². The number of hydrogen-bond acceptors (Lipinski definition) is 2. The van der Waals surface area contributed by atoms with Gasteiger partial charge in [0.25, 0.3) is 0 Å². The second-order valence-electron chi connectivity index (χ2n) is 3.80. The average Bonchev–Trinajstić information content (AvgIpc) is 2.32. The number of pyridine rings is 1. The van der Waals surface area contributed by atoms with Crippen LogP contribution < -0.4 is 0 Å². The van der Waals surface area contributed by atoms with Crippen LogP contribution in [0.2, 0.25) is 0 Å². The van der Waals surface area contributed by atoms with Gasteiger partial charge in [0.05, 0.1) is 10.2 Å². The number of hydrogen-bond donors (Lipinski definition) is 1. The summed E-state index contributed by atoms with van der Waals surface area (Å²) in [5, 5.41) is 10.1. The lowest BCUT2D eigenvalue weighted by Gasteiger charge is -2.12. The fourth-order valence-electron chi connectivity index (χ4n) is 1.60. The molecule has 0 saturated carbocycles. The zero-order chi connectivity index (χ0) is 12.4. The Morgan fingerprint density at radius 3 is 2.82 bits per heavy atom. The van der Waals surface area contributed by atoms with E-state index >= 15 is 0 Å². The normalized spacial score (nSPS) is 12.5. The van der Waals surface area contributed by atoms with Crippen molar-refractivity contribution in [1.82, 2.24) is 4.98 Å². The maximum atomic E-state index is 13.8. The van der Waals surface area contributed by atoms with Gasteiger partial charge in [-0.15, -0.1) is 0 Å². The highest BCUT2D eigenvalue weighted by Crippen LogP contribution is 2.27. The van der Waals surface area contributed by atoms with Crippen LogP contribution in [-0.4, -0.2) is 10.1 Å². The van der Waals surface area contributed by atoms with Gasteiger partial charge >= 0.3 is 0 Å². The maximum Gasteiger partial charge on any atom is 0.143 e. The fourth-order valence-corrected chi connectivity index (χ4v) is 1.98. The highest BCUT2D eigenvalue weighted by Gasteiger charge is 2.17. The molecular formula is C13H11BrFNO. The van der Waals surface area contributed by atoms with E-state index in [1.165, 1.54) is 0 Å². The van der Waals surface area contributed by atoms with Crippen LogP contribution in [0.25, 0.3) is 0 Å². The Hall–Kier alpha value is -1.26. The standard InChI is InChI=1S/C13H11BrFNO/c1-8-5-6-16-11(7-8)13(17)9-3-2-4-10(14)12(9)15/h2-7,13,17H,1H3. The molecule has 2 rings (SSSR count). The molecule has 0 aliphatic heterocycles. The van der Waals surface area contributed by atoms with E-state index in [-0.39, 0.29) is 5.56 Å². The maximum absolute atomic E-state index is 13.8. The summed E-state index contributed by atoms with van der Waals surface area (Å²) < 4.78 is 14.1. The summed E-state index contributed by atoms with van der Waals surface area (Å²) in [5.41, 5.74) is 1.64. The molecular weight excluding hydrogens is 285 g/mol. The van der Waals surface area contributed by atoms with E-state index in [2.05, 4.69) is 20.9 Å². The third kappa shape index (κ3) is 2.53. The number of aryl methyl sites for hydroxylation is 1. The lowest BCUT2D eigenvalue weighted by atomic mass is 10.0. The van der Waals surface area contributed by atoms with Crippen molar-refractivity contribution in [3.63, 3.8) is 0 Å². The zero-order valence-corrected chi connectivity index (χ0v) is 10.8. The molecule has 2 nitrogen and oxygen atoms in total. The Balaban J connectivity index is 2.44. The molecule has 1 heterocycles. The molecule has 0 aliphatic rings. The van der Waals surface area contributed by atoms with E-state index < -0.39 is 11.9 Å². The topological polar surface area (TPSA) is 33.1 Å². The van der Waals surface area contributed by atoms with Crippen LogP contribution in [0.1, 0.15) is 22.9 Å². The molecule has 0 aliphatic carbocycles. The van der Waals surface area contributed by atoms with Gasteiger partial charge in [0.15, 0.2) is 0 Å². The molecule has 0 spiro atoms. The van der Waals surface area contributed by atoms with Crippen LogP contribution in [0.4, 0.5) is 4.39 Å². The smallest absolute Gasteiger partial charge is 0.143 e. The molecule has 88 valence electrons. The monoisotopic (exact) mass is 295 g/mol. The molecule has 1 unspecified atom stereocenters. The van der Waals surface area contributed by atoms with Crippen molar-refractivity contribution >= 4 is 15.9 Å². The number of halogens is 2. The van der Waals surface area contributed by atoms with Gasteiger partial charge < -0.3 is 5.11 Å². The van der Waals surface area contributed by atoms with Gasteiger partial charge in [0.2, 0.25) is 0 Å². The summed E-state index contributed by atoms with van der Waals surface area (Å²) in [6.07, 6.45) is 0.552. The largest absolute Gasteiger partial charge is 0.382 e. The average molecular weight is 296 g/mol. The number of rotatable bonds is 2. The van der Waals surface area contributed by atoms with Gasteiger partial charge in [-0.25, -0.2) is 4.39 Å². The summed E-state index contributed by atoms with van der Waals surface area (Å²) in [5.74, 6) is -0.455. The third-order valence-corrected chi connectivity index (χ3v) is 3.11. The van der Waals surface area contributed by atoms with Gasteiger partial charge in [-0.1, -0.05) is 12.1 Å². The molecule has 1 aromatic heterocycles. The highest BCUT2D eigenvalue weighted by molar-refractivity contribution is 9.10. The number of nitrogens with zero attached hydrogens (tertiary/aromatic N) is 1. The third-order valence-electron chi connectivity index (χ3n) is 2.49. The molecule has 0 fully saturated rings. The summed E-state index contributed by atoms with van der Waals surface area (Å²) in [7, 11) is 0. The molecule has 1 atom stereocenters. The Morgan fingerprint density at radius 2 is 2.12 bits per heavy atom. The Kier molecular flexibility index (Phi) is 3.54. The lowest BCUT2D eigenvalue weighted by molar-refractivity contribution is 0.210. The molecule has 0 bridgehead atoms. The molecule has 1 aromatic carbocycles. The number of aliphatic hydroxyl groups excluding tert-OH is 1. The Labute approximate surface area is 107 Å². The predicted molar refractivity (Wildman–Crippen MR) is 67.1 cm³/mol. The van der Waals surface area contributed by atoms with Crippen LogP contribution in [-0.2, 0) is 0 Å². The van der Waals surface area contributed by atoms with Gasteiger partial charge in [0.1, 0.15) is 11.9 Å². The fraction of sp³-hybridized carbons (Fsp3) is 0.154. The van der Waals surface area contributed by atoms with Crippen LogP contribution in [0.15, 0.2) is 41.0 Å². The Morgan fingerprint density at radius 1 is 1.35 bits per heavy atom. The minimum atomic E-state index is -1.05. The SMILES string of the molecule is Cc1ccnc(C(O)c2cccc(Br)c2F)c1.